The number of halogens is 1. The third-order valence-electron chi connectivity index (χ3n) is 3.34. The van der Waals surface area contributed by atoms with Gasteiger partial charge in [0.05, 0.1) is 18.3 Å². The fraction of sp³-hybridized carbons (Fsp3) is 0.250. The van der Waals surface area contributed by atoms with E-state index < -0.39 is 5.82 Å². The van der Waals surface area contributed by atoms with Crippen LogP contribution in [0.4, 0.5) is 4.39 Å². The zero-order valence-corrected chi connectivity index (χ0v) is 12.9. The molecule has 0 N–H and O–H groups in total. The van der Waals surface area contributed by atoms with E-state index in [0.29, 0.717) is 11.9 Å². The first-order valence-corrected chi connectivity index (χ1v) is 7.86. The van der Waals surface area contributed by atoms with Gasteiger partial charge in [0.1, 0.15) is 11.4 Å². The van der Waals surface area contributed by atoms with Gasteiger partial charge in [-0.3, -0.25) is 9.36 Å². The maximum absolute atomic E-state index is 13.4. The minimum atomic E-state index is -0.408. The molecule has 0 radical (unpaired) electrons. The predicted octanol–water partition coefficient (Wildman–Crippen LogP) is 3.24. The van der Waals surface area contributed by atoms with Crippen molar-refractivity contribution in [3.05, 3.63) is 57.7 Å². The molecule has 0 saturated heterocycles. The highest BCUT2D eigenvalue weighted by atomic mass is 32.1. The summed E-state index contributed by atoms with van der Waals surface area (Å²) in [5.41, 5.74) is -0.0851. The van der Waals surface area contributed by atoms with Crippen LogP contribution in [0.5, 0.6) is 5.75 Å². The Morgan fingerprint density at radius 2 is 2.18 bits per heavy atom. The summed E-state index contributed by atoms with van der Waals surface area (Å²) in [7, 11) is 0. The van der Waals surface area contributed by atoms with Gasteiger partial charge in [-0.1, -0.05) is 19.1 Å². The monoisotopic (exact) mass is 318 g/mol. The first-order valence-electron chi connectivity index (χ1n) is 7.04. The third kappa shape index (κ3) is 2.87. The molecular weight excluding hydrogens is 303 g/mol. The van der Waals surface area contributed by atoms with E-state index >= 15 is 0 Å². The summed E-state index contributed by atoms with van der Waals surface area (Å²) in [4.78, 5) is 18.6. The number of nitrogens with zero attached hydrogens (tertiary/aromatic N) is 2. The van der Waals surface area contributed by atoms with Gasteiger partial charge < -0.3 is 4.74 Å². The number of benzene rings is 1. The molecule has 0 aliphatic carbocycles. The Morgan fingerprint density at radius 1 is 1.36 bits per heavy atom. The zero-order chi connectivity index (χ0) is 15.5. The lowest BCUT2D eigenvalue weighted by Gasteiger charge is -2.08. The van der Waals surface area contributed by atoms with Crippen LogP contribution >= 0.6 is 11.3 Å². The fourth-order valence-electron chi connectivity index (χ4n) is 2.16. The zero-order valence-electron chi connectivity index (χ0n) is 12.1. The number of para-hydroxylation sites is 1. The normalized spacial score (nSPS) is 11.0. The molecular formula is C16H15FN2O2S. The molecule has 0 bridgehead atoms. The van der Waals surface area contributed by atoms with Gasteiger partial charge in [-0.05, 0) is 24.6 Å². The van der Waals surface area contributed by atoms with Crippen LogP contribution in [-0.4, -0.2) is 16.2 Å². The van der Waals surface area contributed by atoms with Crippen LogP contribution in [-0.2, 0) is 13.0 Å². The number of rotatable bonds is 5. The summed E-state index contributed by atoms with van der Waals surface area (Å²) < 4.78 is 20.3. The molecule has 6 heteroatoms. The Morgan fingerprint density at radius 3 is 2.95 bits per heavy atom. The molecule has 4 nitrogen and oxygen atoms in total. The predicted molar refractivity (Wildman–Crippen MR) is 85.2 cm³/mol. The summed E-state index contributed by atoms with van der Waals surface area (Å²) in [6, 6.07) is 8.10. The van der Waals surface area contributed by atoms with E-state index in [0.717, 1.165) is 16.1 Å². The summed E-state index contributed by atoms with van der Waals surface area (Å²) in [6.45, 7) is 2.58. The fourth-order valence-corrected chi connectivity index (χ4v) is 3.08. The van der Waals surface area contributed by atoms with Gasteiger partial charge in [0.15, 0.2) is 11.6 Å². The number of aromatic nitrogens is 2. The second-order valence-corrected chi connectivity index (χ2v) is 5.92. The molecule has 0 aliphatic rings. The van der Waals surface area contributed by atoms with Crippen LogP contribution in [0.3, 0.4) is 0 Å². The molecule has 0 amide bonds. The lowest BCUT2D eigenvalue weighted by atomic mass is 10.3. The molecule has 3 rings (SSSR count). The molecule has 2 aromatic heterocycles. The summed E-state index contributed by atoms with van der Waals surface area (Å²) in [5, 5.41) is 0.634. The van der Waals surface area contributed by atoms with Crippen molar-refractivity contribution in [2.24, 2.45) is 0 Å². The summed E-state index contributed by atoms with van der Waals surface area (Å²) in [6.07, 6.45) is 2.40. The Hall–Kier alpha value is -2.21. The number of hydrogen-bond acceptors (Lipinski definition) is 4. The van der Waals surface area contributed by atoms with Crippen LogP contribution in [0.15, 0.2) is 41.5 Å². The smallest absolute Gasteiger partial charge is 0.262 e. The number of fused-ring (bicyclic) bond motifs is 1. The van der Waals surface area contributed by atoms with E-state index in [-0.39, 0.29) is 17.9 Å². The highest BCUT2D eigenvalue weighted by Gasteiger charge is 2.08. The van der Waals surface area contributed by atoms with Gasteiger partial charge in [0, 0.05) is 4.88 Å². The lowest BCUT2D eigenvalue weighted by molar-refractivity contribution is 0.282. The van der Waals surface area contributed by atoms with Gasteiger partial charge in [-0.15, -0.1) is 11.3 Å². The maximum atomic E-state index is 13.4. The molecule has 1 aromatic carbocycles. The highest BCUT2D eigenvalue weighted by molar-refractivity contribution is 7.18. The quantitative estimate of drug-likeness (QED) is 0.725. The summed E-state index contributed by atoms with van der Waals surface area (Å²) >= 11 is 1.54. The maximum Gasteiger partial charge on any atom is 0.262 e. The summed E-state index contributed by atoms with van der Waals surface area (Å²) in [5.74, 6) is -0.220. The standard InChI is InChI=1S/C16H15FN2O2S/c1-2-11-9-12-15(22-11)18-10-19(16(12)20)7-8-21-14-6-4-3-5-13(14)17/h3-6,9-10H,2,7-8H2,1H3. The molecule has 0 fully saturated rings. The third-order valence-corrected chi connectivity index (χ3v) is 4.53. The van der Waals surface area contributed by atoms with Crippen LogP contribution in [0.1, 0.15) is 11.8 Å². The SMILES string of the molecule is CCc1cc2c(=O)n(CCOc3ccccc3F)cnc2s1. The molecule has 3 aromatic rings. The Balaban J connectivity index is 1.75. The number of thiophene rings is 1. The molecule has 0 atom stereocenters. The Kier molecular flexibility index (Phi) is 4.20. The van der Waals surface area contributed by atoms with Crippen LogP contribution in [0.2, 0.25) is 0 Å². The Bertz CT molecular complexity index is 857. The average molecular weight is 318 g/mol. The van der Waals surface area contributed by atoms with Crippen molar-refractivity contribution in [3.8, 4) is 5.75 Å². The molecule has 22 heavy (non-hydrogen) atoms. The second-order valence-electron chi connectivity index (χ2n) is 4.81. The lowest BCUT2D eigenvalue weighted by Crippen LogP contribution is -2.23. The van der Waals surface area contributed by atoms with E-state index in [2.05, 4.69) is 4.98 Å². The van der Waals surface area contributed by atoms with E-state index in [1.54, 1.807) is 18.2 Å². The Labute approximate surface area is 130 Å². The van der Waals surface area contributed by atoms with Gasteiger partial charge in [-0.25, -0.2) is 9.37 Å². The number of aryl methyl sites for hydroxylation is 1. The van der Waals surface area contributed by atoms with Crippen molar-refractivity contribution in [3.63, 3.8) is 0 Å². The van der Waals surface area contributed by atoms with Gasteiger partial charge in [0.2, 0.25) is 0 Å². The molecule has 2 heterocycles. The van der Waals surface area contributed by atoms with Crippen molar-refractivity contribution in [2.75, 3.05) is 6.61 Å². The van der Waals surface area contributed by atoms with Crippen molar-refractivity contribution in [1.29, 1.82) is 0 Å². The van der Waals surface area contributed by atoms with Crippen LogP contribution in [0.25, 0.3) is 10.2 Å². The first-order chi connectivity index (χ1) is 10.7. The van der Waals surface area contributed by atoms with Gasteiger partial charge >= 0.3 is 0 Å². The van der Waals surface area contributed by atoms with Crippen LogP contribution in [0, 0.1) is 5.82 Å². The molecule has 0 aliphatic heterocycles. The van der Waals surface area contributed by atoms with E-state index in [4.69, 9.17) is 4.74 Å². The minimum absolute atomic E-state index is 0.0851. The largest absolute Gasteiger partial charge is 0.489 e. The van der Waals surface area contributed by atoms with Crippen LogP contribution < -0.4 is 10.3 Å². The van der Waals surface area contributed by atoms with E-state index in [1.807, 2.05) is 13.0 Å². The van der Waals surface area contributed by atoms with E-state index in [9.17, 15) is 9.18 Å². The van der Waals surface area contributed by atoms with Crippen molar-refractivity contribution in [1.82, 2.24) is 9.55 Å². The topological polar surface area (TPSA) is 44.1 Å². The van der Waals surface area contributed by atoms with E-state index in [1.165, 1.54) is 28.3 Å². The first kappa shape index (κ1) is 14.7. The van der Waals surface area contributed by atoms with Crippen molar-refractivity contribution >= 4 is 21.6 Å². The molecule has 0 spiro atoms. The van der Waals surface area contributed by atoms with Crippen molar-refractivity contribution in [2.45, 2.75) is 19.9 Å². The molecule has 0 unspecified atom stereocenters. The highest BCUT2D eigenvalue weighted by Crippen LogP contribution is 2.21. The number of hydrogen-bond donors (Lipinski definition) is 0. The minimum Gasteiger partial charge on any atom is -0.489 e. The van der Waals surface area contributed by atoms with Gasteiger partial charge in [0.25, 0.3) is 5.56 Å². The average Bonchev–Trinajstić information content (AvgIpc) is 2.95. The molecule has 0 saturated carbocycles. The molecule has 114 valence electrons. The number of ether oxygens (including phenoxy) is 1. The van der Waals surface area contributed by atoms with Gasteiger partial charge in [-0.2, -0.15) is 0 Å². The van der Waals surface area contributed by atoms with Crippen molar-refractivity contribution < 1.29 is 9.13 Å². The second kappa shape index (κ2) is 6.27.